The first-order chi connectivity index (χ1) is 16.4. The molecule has 0 aromatic heterocycles. The maximum absolute atomic E-state index is 12.2. The van der Waals surface area contributed by atoms with E-state index in [2.05, 4.69) is 9.47 Å². The molecule has 0 aliphatic carbocycles. The molecule has 6 heteroatoms. The summed E-state index contributed by atoms with van der Waals surface area (Å²) in [4.78, 5) is 46.4. The van der Waals surface area contributed by atoms with Crippen molar-refractivity contribution in [1.29, 1.82) is 0 Å². The maximum atomic E-state index is 12.2. The average Bonchev–Trinajstić information content (AvgIpc) is 2.87. The Kier molecular flexibility index (Phi) is 11.7. The van der Waals surface area contributed by atoms with Gasteiger partial charge in [-0.2, -0.15) is 0 Å². The number of ketones is 2. The molecule has 0 bridgehead atoms. The SMILES string of the molecule is COC(=O)CCCC(=O)c1ccc(CCCCCCCc2ccc(C(=O)C(=O)OC)cc2)cc1. The van der Waals surface area contributed by atoms with Gasteiger partial charge in [0.1, 0.15) is 0 Å². The molecule has 0 radical (unpaired) electrons. The molecule has 182 valence electrons. The zero-order chi connectivity index (χ0) is 24.8. The molecule has 0 aliphatic rings. The molecule has 6 nitrogen and oxygen atoms in total. The average molecular weight is 467 g/mol. The second-order valence-corrected chi connectivity index (χ2v) is 8.34. The van der Waals surface area contributed by atoms with E-state index in [9.17, 15) is 19.2 Å². The van der Waals surface area contributed by atoms with Crippen LogP contribution < -0.4 is 0 Å². The second kappa shape index (κ2) is 14.8. The summed E-state index contributed by atoms with van der Waals surface area (Å²) in [6.07, 6.45) is 8.71. The van der Waals surface area contributed by atoms with Crippen molar-refractivity contribution in [2.45, 2.75) is 64.2 Å². The van der Waals surface area contributed by atoms with Gasteiger partial charge < -0.3 is 9.47 Å². The van der Waals surface area contributed by atoms with Crippen LogP contribution in [0.5, 0.6) is 0 Å². The fraction of sp³-hybridized carbons (Fsp3) is 0.429. The molecule has 2 aromatic rings. The third-order valence-electron chi connectivity index (χ3n) is 5.81. The number of unbranched alkanes of at least 4 members (excludes halogenated alkanes) is 4. The third-order valence-corrected chi connectivity index (χ3v) is 5.81. The van der Waals surface area contributed by atoms with Gasteiger partial charge in [0.2, 0.25) is 0 Å². The van der Waals surface area contributed by atoms with Crippen molar-refractivity contribution >= 4 is 23.5 Å². The lowest BCUT2D eigenvalue weighted by Crippen LogP contribution is -2.15. The Morgan fingerprint density at radius 3 is 1.59 bits per heavy atom. The van der Waals surface area contributed by atoms with Gasteiger partial charge in [-0.15, -0.1) is 0 Å². The normalized spacial score (nSPS) is 10.5. The summed E-state index contributed by atoms with van der Waals surface area (Å²) in [5.41, 5.74) is 3.43. The fourth-order valence-electron chi connectivity index (χ4n) is 3.72. The quantitative estimate of drug-likeness (QED) is 0.153. The minimum Gasteiger partial charge on any atom is -0.469 e. The van der Waals surface area contributed by atoms with E-state index >= 15 is 0 Å². The van der Waals surface area contributed by atoms with Gasteiger partial charge in [-0.25, -0.2) is 4.79 Å². The van der Waals surface area contributed by atoms with Crippen LogP contribution in [-0.4, -0.2) is 37.7 Å². The Bertz CT molecular complexity index is 944. The molecular weight excluding hydrogens is 432 g/mol. The Morgan fingerprint density at radius 2 is 1.09 bits per heavy atom. The first kappa shape index (κ1) is 27.0. The summed E-state index contributed by atoms with van der Waals surface area (Å²) in [6, 6.07) is 14.9. The zero-order valence-corrected chi connectivity index (χ0v) is 20.1. The summed E-state index contributed by atoms with van der Waals surface area (Å²) in [7, 11) is 2.55. The molecule has 0 spiro atoms. The van der Waals surface area contributed by atoms with Crippen molar-refractivity contribution in [1.82, 2.24) is 0 Å². The number of aryl methyl sites for hydroxylation is 2. The monoisotopic (exact) mass is 466 g/mol. The standard InChI is InChI=1S/C28H34O6/c1-33-26(30)12-8-11-25(29)23-17-13-21(14-18-23)9-6-4-3-5-7-10-22-15-19-24(20-16-22)27(31)28(32)34-2/h13-20H,3-12H2,1-2H3. The van der Waals surface area contributed by atoms with Crippen LogP contribution in [0.2, 0.25) is 0 Å². The van der Waals surface area contributed by atoms with Crippen LogP contribution >= 0.6 is 0 Å². The minimum atomic E-state index is -0.843. The fourth-order valence-corrected chi connectivity index (χ4v) is 3.72. The highest BCUT2D eigenvalue weighted by molar-refractivity contribution is 6.40. The molecule has 0 aliphatic heterocycles. The lowest BCUT2D eigenvalue weighted by molar-refractivity contribution is -0.140. The molecule has 0 atom stereocenters. The molecule has 2 rings (SSSR count). The van der Waals surface area contributed by atoms with Crippen molar-refractivity contribution in [2.75, 3.05) is 14.2 Å². The first-order valence-corrected chi connectivity index (χ1v) is 11.8. The second-order valence-electron chi connectivity index (χ2n) is 8.34. The van der Waals surface area contributed by atoms with Gasteiger partial charge in [0.25, 0.3) is 5.78 Å². The number of methoxy groups -OCH3 is 2. The Morgan fingerprint density at radius 1 is 0.588 bits per heavy atom. The van der Waals surface area contributed by atoms with Gasteiger partial charge in [0.05, 0.1) is 14.2 Å². The number of rotatable bonds is 15. The van der Waals surface area contributed by atoms with Gasteiger partial charge in [-0.1, -0.05) is 67.8 Å². The van der Waals surface area contributed by atoms with Crippen LogP contribution in [0.25, 0.3) is 0 Å². The molecular formula is C28H34O6. The summed E-state index contributed by atoms with van der Waals surface area (Å²) >= 11 is 0. The largest absolute Gasteiger partial charge is 0.469 e. The van der Waals surface area contributed by atoms with Gasteiger partial charge in [-0.05, 0) is 43.2 Å². The Hall–Kier alpha value is -3.28. The van der Waals surface area contributed by atoms with Crippen LogP contribution in [-0.2, 0) is 31.9 Å². The Labute approximate surface area is 201 Å². The van der Waals surface area contributed by atoms with E-state index in [4.69, 9.17) is 0 Å². The molecule has 0 amide bonds. The number of hydrogen-bond acceptors (Lipinski definition) is 6. The first-order valence-electron chi connectivity index (χ1n) is 11.8. The zero-order valence-electron chi connectivity index (χ0n) is 20.1. The van der Waals surface area contributed by atoms with Crippen LogP contribution in [0.3, 0.4) is 0 Å². The van der Waals surface area contributed by atoms with E-state index in [1.54, 1.807) is 12.1 Å². The number of hydrogen-bond donors (Lipinski definition) is 0. The molecule has 0 saturated heterocycles. The Balaban J connectivity index is 1.59. The number of esters is 2. The summed E-state index contributed by atoms with van der Waals surface area (Å²) in [5, 5.41) is 0. The minimum absolute atomic E-state index is 0.0557. The van der Waals surface area contributed by atoms with Crippen LogP contribution in [0.4, 0.5) is 0 Å². The lowest BCUT2D eigenvalue weighted by Gasteiger charge is -2.05. The predicted octanol–water partition coefficient (Wildman–Crippen LogP) is 5.30. The molecule has 2 aromatic carbocycles. The van der Waals surface area contributed by atoms with Gasteiger partial charge in [0.15, 0.2) is 5.78 Å². The molecule has 0 fully saturated rings. The van der Waals surface area contributed by atoms with Crippen LogP contribution in [0.15, 0.2) is 48.5 Å². The smallest absolute Gasteiger partial charge is 0.379 e. The van der Waals surface area contributed by atoms with Crippen molar-refractivity contribution in [2.24, 2.45) is 0 Å². The number of carbonyl (C=O) groups is 4. The third kappa shape index (κ3) is 9.30. The predicted molar refractivity (Wildman–Crippen MR) is 130 cm³/mol. The molecule has 0 unspecified atom stereocenters. The van der Waals surface area contributed by atoms with Crippen molar-refractivity contribution in [3.05, 3.63) is 70.8 Å². The summed E-state index contributed by atoms with van der Waals surface area (Å²) in [5.74, 6) is -1.69. The molecule has 0 heterocycles. The topological polar surface area (TPSA) is 86.7 Å². The van der Waals surface area contributed by atoms with Gasteiger partial charge >= 0.3 is 11.9 Å². The van der Waals surface area contributed by atoms with E-state index in [1.165, 1.54) is 19.8 Å². The van der Waals surface area contributed by atoms with E-state index < -0.39 is 11.8 Å². The van der Waals surface area contributed by atoms with Gasteiger partial charge in [0, 0.05) is 24.0 Å². The van der Waals surface area contributed by atoms with Crippen LogP contribution in [0, 0.1) is 0 Å². The lowest BCUT2D eigenvalue weighted by atomic mass is 10.00. The van der Waals surface area contributed by atoms with E-state index in [-0.39, 0.29) is 18.2 Å². The van der Waals surface area contributed by atoms with Crippen molar-refractivity contribution < 1.29 is 28.7 Å². The van der Waals surface area contributed by atoms with E-state index in [0.717, 1.165) is 50.5 Å². The number of Topliss-reactive ketones (excluding diaryl/α,β-unsaturated/α-hetero) is 2. The van der Waals surface area contributed by atoms with Crippen molar-refractivity contribution in [3.8, 4) is 0 Å². The highest BCUT2D eigenvalue weighted by atomic mass is 16.5. The van der Waals surface area contributed by atoms with Crippen LogP contribution in [0.1, 0.15) is 83.2 Å². The number of carbonyl (C=O) groups excluding carboxylic acids is 4. The number of benzene rings is 2. The summed E-state index contributed by atoms with van der Waals surface area (Å²) in [6.45, 7) is 0. The highest BCUT2D eigenvalue weighted by Gasteiger charge is 2.16. The number of ether oxygens (including phenoxy) is 2. The summed E-state index contributed by atoms with van der Waals surface area (Å²) < 4.78 is 9.05. The van der Waals surface area contributed by atoms with E-state index in [0.29, 0.717) is 24.0 Å². The van der Waals surface area contributed by atoms with Crippen molar-refractivity contribution in [3.63, 3.8) is 0 Å². The highest BCUT2D eigenvalue weighted by Crippen LogP contribution is 2.14. The molecule has 34 heavy (non-hydrogen) atoms. The van der Waals surface area contributed by atoms with E-state index in [1.807, 2.05) is 36.4 Å². The van der Waals surface area contributed by atoms with Gasteiger partial charge in [-0.3, -0.25) is 14.4 Å². The molecule has 0 saturated carbocycles. The molecule has 0 N–H and O–H groups in total. The maximum Gasteiger partial charge on any atom is 0.379 e.